The maximum Gasteiger partial charge on any atom is 2.00 e. The zero-order valence-electron chi connectivity index (χ0n) is 6.76. The third-order valence-corrected chi connectivity index (χ3v) is 2.90. The second-order valence-electron chi connectivity index (χ2n) is 2.59. The van der Waals surface area contributed by atoms with E-state index in [1.54, 1.807) is 18.3 Å². The average Bonchev–Trinajstić information content (AvgIpc) is 2.15. The Balaban J connectivity index is 0.000000980. The molecular weight excluding hydrogens is 361 g/mol. The van der Waals surface area contributed by atoms with E-state index >= 15 is 0 Å². The van der Waals surface area contributed by atoms with Crippen LogP contribution in [0.3, 0.4) is 0 Å². The van der Waals surface area contributed by atoms with E-state index in [1.165, 1.54) is 0 Å². The Morgan fingerprint density at radius 2 is 2.14 bits per heavy atom. The smallest absolute Gasteiger partial charge is 0.505 e. The molecule has 1 radical (unpaired) electrons. The number of aromatic hydroxyl groups is 1. The van der Waals surface area contributed by atoms with Crippen molar-refractivity contribution in [2.45, 2.75) is 0 Å². The van der Waals surface area contributed by atoms with Gasteiger partial charge in [-0.3, -0.25) is 4.98 Å². The van der Waals surface area contributed by atoms with Crippen LogP contribution in [0.25, 0.3) is 10.9 Å². The number of benzene rings is 1. The van der Waals surface area contributed by atoms with Crippen LogP contribution in [-0.2, 0) is 17.1 Å². The zero-order valence-corrected chi connectivity index (χ0v) is 10.6. The molecule has 0 unspecified atom stereocenters. The van der Waals surface area contributed by atoms with Crippen molar-refractivity contribution in [3.63, 3.8) is 0 Å². The third kappa shape index (κ3) is 1.98. The van der Waals surface area contributed by atoms with Gasteiger partial charge in [-0.15, -0.1) is 0 Å². The molecule has 0 saturated heterocycles. The van der Waals surface area contributed by atoms with Gasteiger partial charge in [-0.2, -0.15) is 0 Å². The van der Waals surface area contributed by atoms with Gasteiger partial charge in [0.05, 0.1) is 8.59 Å². The Morgan fingerprint density at radius 3 is 2.86 bits per heavy atom. The van der Waals surface area contributed by atoms with E-state index in [1.807, 2.05) is 28.7 Å². The number of rotatable bonds is 0. The molecule has 0 fully saturated rings. The standard InChI is InChI=1S/C9H5ClINO.Cu/c10-6-4-7(11)9(13)8-5(6)2-1-3-12-8;/h1-4,13H;/q;+2/i11-3;. The summed E-state index contributed by atoms with van der Waals surface area (Å²) in [6, 6.07) is 5.35. The summed E-state index contributed by atoms with van der Waals surface area (Å²) in [5.74, 6) is 0.195. The first-order valence-corrected chi connectivity index (χ1v) is 5.07. The summed E-state index contributed by atoms with van der Waals surface area (Å²) in [7, 11) is 0. The molecule has 0 aliphatic rings. The fourth-order valence-corrected chi connectivity index (χ4v) is 2.17. The van der Waals surface area contributed by atoms with Crippen LogP contribution >= 0.6 is 34.2 Å². The number of phenolic OH excluding ortho intramolecular Hbond substituents is 1. The van der Waals surface area contributed by atoms with Crippen molar-refractivity contribution in [1.29, 1.82) is 0 Å². The van der Waals surface area contributed by atoms with E-state index in [4.69, 9.17) is 11.6 Å². The van der Waals surface area contributed by atoms with Crippen molar-refractivity contribution >= 4 is 45.1 Å². The molecule has 5 heteroatoms. The molecule has 2 nitrogen and oxygen atoms in total. The second kappa shape index (κ2) is 4.66. The van der Waals surface area contributed by atoms with E-state index in [2.05, 4.69) is 4.98 Å². The molecular formula is C9H5ClCuINO+2. The van der Waals surface area contributed by atoms with Crippen molar-refractivity contribution in [2.75, 3.05) is 0 Å². The van der Waals surface area contributed by atoms with Gasteiger partial charge in [0.2, 0.25) is 0 Å². The predicted octanol–water partition coefficient (Wildman–Crippen LogP) is 3.20. The van der Waals surface area contributed by atoms with Gasteiger partial charge in [0, 0.05) is 11.6 Å². The van der Waals surface area contributed by atoms with E-state index in [0.29, 0.717) is 14.1 Å². The van der Waals surface area contributed by atoms with Crippen LogP contribution in [-0.4, -0.2) is 10.1 Å². The molecule has 0 aliphatic heterocycles. The van der Waals surface area contributed by atoms with Crippen LogP contribution in [0.1, 0.15) is 0 Å². The van der Waals surface area contributed by atoms with Crippen molar-refractivity contribution in [1.82, 2.24) is 4.98 Å². The van der Waals surface area contributed by atoms with Gasteiger partial charge >= 0.3 is 17.1 Å². The molecule has 1 aromatic carbocycles. The molecule has 0 amide bonds. The average molecular weight is 366 g/mol. The van der Waals surface area contributed by atoms with E-state index in [9.17, 15) is 5.11 Å². The number of hydrogen-bond donors (Lipinski definition) is 1. The van der Waals surface area contributed by atoms with Gasteiger partial charge in [0.25, 0.3) is 0 Å². The fourth-order valence-electron chi connectivity index (χ4n) is 1.16. The monoisotopic (exact) mass is 365 g/mol. The number of phenols is 1. The number of pyridine rings is 1. The van der Waals surface area contributed by atoms with E-state index < -0.39 is 0 Å². The number of hydrogen-bond acceptors (Lipinski definition) is 2. The SMILES string of the molecule is Oc1c([124I])cc(Cl)c2cccnc12.[Cu+2]. The van der Waals surface area contributed by atoms with Gasteiger partial charge in [-0.05, 0) is 40.8 Å². The molecule has 75 valence electrons. The first-order chi connectivity index (χ1) is 6.20. The Labute approximate surface area is 110 Å². The van der Waals surface area contributed by atoms with Crippen LogP contribution in [0.5, 0.6) is 5.75 Å². The van der Waals surface area contributed by atoms with Crippen LogP contribution in [0.4, 0.5) is 0 Å². The van der Waals surface area contributed by atoms with Crippen molar-refractivity contribution < 1.29 is 22.2 Å². The van der Waals surface area contributed by atoms with Gasteiger partial charge in [0.1, 0.15) is 5.52 Å². The van der Waals surface area contributed by atoms with Gasteiger partial charge in [-0.1, -0.05) is 11.6 Å². The summed E-state index contributed by atoms with van der Waals surface area (Å²) in [5.41, 5.74) is 0.555. The van der Waals surface area contributed by atoms with E-state index in [-0.39, 0.29) is 22.8 Å². The second-order valence-corrected chi connectivity index (χ2v) is 4.16. The molecule has 1 N–H and O–H groups in total. The van der Waals surface area contributed by atoms with E-state index in [0.717, 1.165) is 5.39 Å². The topological polar surface area (TPSA) is 33.1 Å². The summed E-state index contributed by atoms with van der Waals surface area (Å²) in [6.07, 6.45) is 1.63. The Morgan fingerprint density at radius 1 is 1.43 bits per heavy atom. The molecule has 0 aliphatic carbocycles. The minimum atomic E-state index is 0. The fraction of sp³-hybridized carbons (Fsp3) is 0. The number of halogens is 2. The molecule has 0 spiro atoms. The number of nitrogens with zero attached hydrogens (tertiary/aromatic N) is 1. The molecule has 1 aromatic heterocycles. The Bertz CT molecular complexity index is 478. The van der Waals surface area contributed by atoms with Crippen molar-refractivity contribution in [3.8, 4) is 5.75 Å². The quantitative estimate of drug-likeness (QED) is 0.574. The summed E-state index contributed by atoms with van der Waals surface area (Å²) < 4.78 is 0.716. The van der Waals surface area contributed by atoms with Crippen molar-refractivity contribution in [2.24, 2.45) is 0 Å². The molecule has 2 rings (SSSR count). The Kier molecular flexibility index (Phi) is 4.01. The van der Waals surface area contributed by atoms with Gasteiger partial charge in [-0.25, -0.2) is 0 Å². The number of fused-ring (bicyclic) bond motifs is 1. The first kappa shape index (κ1) is 12.0. The van der Waals surface area contributed by atoms with Crippen LogP contribution in [0, 0.1) is 3.57 Å². The molecule has 1 heterocycles. The zero-order chi connectivity index (χ0) is 9.42. The largest absolute Gasteiger partial charge is 2.00 e. The minimum Gasteiger partial charge on any atom is -0.505 e. The van der Waals surface area contributed by atoms with Gasteiger partial charge in [0.15, 0.2) is 5.75 Å². The molecule has 2 aromatic rings. The molecule has 14 heavy (non-hydrogen) atoms. The first-order valence-electron chi connectivity index (χ1n) is 3.62. The minimum absolute atomic E-state index is 0. The maximum atomic E-state index is 9.65. The van der Waals surface area contributed by atoms with Crippen molar-refractivity contribution in [3.05, 3.63) is 33.0 Å². The molecule has 0 bridgehead atoms. The van der Waals surface area contributed by atoms with Gasteiger partial charge < -0.3 is 5.11 Å². The normalized spacial score (nSPS) is 9.86. The summed E-state index contributed by atoms with van der Waals surface area (Å²) >= 11 is 8.00. The third-order valence-electron chi connectivity index (χ3n) is 1.77. The molecule has 0 atom stereocenters. The number of aromatic nitrogens is 1. The van der Waals surface area contributed by atoms with Crippen LogP contribution in [0.2, 0.25) is 5.02 Å². The predicted molar refractivity (Wildman–Crippen MR) is 61.1 cm³/mol. The summed E-state index contributed by atoms with van der Waals surface area (Å²) in [4.78, 5) is 4.06. The summed E-state index contributed by atoms with van der Waals surface area (Å²) in [6.45, 7) is 0. The molecule has 0 saturated carbocycles. The maximum absolute atomic E-state index is 9.65. The van der Waals surface area contributed by atoms with Crippen LogP contribution in [0.15, 0.2) is 24.4 Å². The summed E-state index contributed by atoms with van der Waals surface area (Å²) in [5, 5.41) is 11.0. The Hall–Kier alpha value is -0.0305. The van der Waals surface area contributed by atoms with Crippen LogP contribution < -0.4 is 0 Å².